The van der Waals surface area contributed by atoms with Crippen LogP contribution in [0, 0.1) is 0 Å². The molecule has 5 nitrogen and oxygen atoms in total. The third-order valence-corrected chi connectivity index (χ3v) is 1.91. The summed E-state index contributed by atoms with van der Waals surface area (Å²) in [6.07, 6.45) is 0.681. The Balaban J connectivity index is 2.71. The highest BCUT2D eigenvalue weighted by atomic mass is 16.5. The molecular formula is C10H18N4O. The first-order chi connectivity index (χ1) is 7.13. The molecule has 0 aromatic carbocycles. The zero-order valence-electron chi connectivity index (χ0n) is 9.53. The second-order valence-corrected chi connectivity index (χ2v) is 3.57. The molecule has 0 unspecified atom stereocenters. The van der Waals surface area contributed by atoms with E-state index >= 15 is 0 Å². The van der Waals surface area contributed by atoms with Gasteiger partial charge in [0.25, 0.3) is 0 Å². The van der Waals surface area contributed by atoms with Gasteiger partial charge >= 0.3 is 0 Å². The van der Waals surface area contributed by atoms with Gasteiger partial charge in [-0.1, -0.05) is 13.8 Å². The second kappa shape index (κ2) is 5.60. The van der Waals surface area contributed by atoms with Crippen molar-refractivity contribution in [1.29, 1.82) is 0 Å². The first-order valence-electron chi connectivity index (χ1n) is 5.21. The molecule has 0 saturated carbocycles. The van der Waals surface area contributed by atoms with E-state index in [0.717, 1.165) is 5.82 Å². The SMILES string of the molecule is CCOCCc1nc(N)nc(C(C)C)n1. The molecule has 1 aromatic heterocycles. The van der Waals surface area contributed by atoms with Crippen molar-refractivity contribution in [1.82, 2.24) is 15.0 Å². The van der Waals surface area contributed by atoms with Crippen LogP contribution in [0.3, 0.4) is 0 Å². The molecule has 0 spiro atoms. The van der Waals surface area contributed by atoms with E-state index in [9.17, 15) is 0 Å². The van der Waals surface area contributed by atoms with E-state index in [2.05, 4.69) is 15.0 Å². The van der Waals surface area contributed by atoms with Gasteiger partial charge < -0.3 is 10.5 Å². The monoisotopic (exact) mass is 210 g/mol. The molecule has 0 aliphatic carbocycles. The Kier molecular flexibility index (Phi) is 4.42. The lowest BCUT2D eigenvalue weighted by Crippen LogP contribution is -2.10. The van der Waals surface area contributed by atoms with Crippen LogP contribution >= 0.6 is 0 Å². The first-order valence-corrected chi connectivity index (χ1v) is 5.21. The Morgan fingerprint density at radius 2 is 2.00 bits per heavy atom. The Hall–Kier alpha value is -1.23. The summed E-state index contributed by atoms with van der Waals surface area (Å²) in [7, 11) is 0. The standard InChI is InChI=1S/C10H18N4O/c1-4-15-6-5-8-12-9(7(2)3)14-10(11)13-8/h7H,4-6H2,1-3H3,(H2,11,12,13,14). The molecule has 0 fully saturated rings. The van der Waals surface area contributed by atoms with E-state index < -0.39 is 0 Å². The van der Waals surface area contributed by atoms with Crippen LogP contribution in [0.1, 0.15) is 38.3 Å². The first kappa shape index (κ1) is 11.8. The van der Waals surface area contributed by atoms with Crippen molar-refractivity contribution in [2.45, 2.75) is 33.1 Å². The van der Waals surface area contributed by atoms with E-state index in [0.29, 0.717) is 31.4 Å². The molecule has 5 heteroatoms. The number of aromatic nitrogens is 3. The number of nitrogens with two attached hydrogens (primary N) is 1. The van der Waals surface area contributed by atoms with Crippen molar-refractivity contribution in [3.63, 3.8) is 0 Å². The van der Waals surface area contributed by atoms with Crippen molar-refractivity contribution in [2.24, 2.45) is 0 Å². The third-order valence-electron chi connectivity index (χ3n) is 1.91. The zero-order chi connectivity index (χ0) is 11.3. The molecule has 2 N–H and O–H groups in total. The van der Waals surface area contributed by atoms with Gasteiger partial charge in [-0.2, -0.15) is 9.97 Å². The number of nitrogen functional groups attached to an aromatic ring is 1. The molecule has 0 amide bonds. The maximum absolute atomic E-state index is 5.60. The fourth-order valence-electron chi connectivity index (χ4n) is 1.13. The molecule has 1 aromatic rings. The van der Waals surface area contributed by atoms with Gasteiger partial charge in [0.15, 0.2) is 0 Å². The van der Waals surface area contributed by atoms with E-state index in [1.54, 1.807) is 0 Å². The molecular weight excluding hydrogens is 192 g/mol. The summed E-state index contributed by atoms with van der Waals surface area (Å²) < 4.78 is 5.24. The van der Waals surface area contributed by atoms with Gasteiger partial charge in [0.2, 0.25) is 5.95 Å². The number of hydrogen-bond acceptors (Lipinski definition) is 5. The summed E-state index contributed by atoms with van der Waals surface area (Å²) in [6.45, 7) is 7.35. The van der Waals surface area contributed by atoms with E-state index in [1.807, 2.05) is 20.8 Å². The van der Waals surface area contributed by atoms with Gasteiger partial charge in [-0.3, -0.25) is 0 Å². The van der Waals surface area contributed by atoms with Gasteiger partial charge in [-0.15, -0.1) is 0 Å². The Labute approximate surface area is 90.1 Å². The van der Waals surface area contributed by atoms with Gasteiger partial charge in [0.1, 0.15) is 11.6 Å². The Morgan fingerprint density at radius 3 is 2.60 bits per heavy atom. The molecule has 0 bridgehead atoms. The summed E-state index contributed by atoms with van der Waals surface area (Å²) in [4.78, 5) is 12.5. The number of rotatable bonds is 5. The van der Waals surface area contributed by atoms with Crippen molar-refractivity contribution < 1.29 is 4.74 Å². The number of hydrogen-bond donors (Lipinski definition) is 1. The highest BCUT2D eigenvalue weighted by molar-refractivity contribution is 5.17. The summed E-state index contributed by atoms with van der Waals surface area (Å²) in [5.41, 5.74) is 5.60. The molecule has 15 heavy (non-hydrogen) atoms. The van der Waals surface area contributed by atoms with Gasteiger partial charge in [0.05, 0.1) is 6.61 Å². The van der Waals surface area contributed by atoms with E-state index in [4.69, 9.17) is 10.5 Å². The minimum Gasteiger partial charge on any atom is -0.381 e. The van der Waals surface area contributed by atoms with Crippen LogP contribution in [-0.2, 0) is 11.2 Å². The lowest BCUT2D eigenvalue weighted by molar-refractivity contribution is 0.149. The van der Waals surface area contributed by atoms with Gasteiger partial charge in [0, 0.05) is 18.9 Å². The maximum Gasteiger partial charge on any atom is 0.223 e. The molecule has 0 saturated heterocycles. The quantitative estimate of drug-likeness (QED) is 0.738. The molecule has 0 atom stereocenters. The summed E-state index contributed by atoms with van der Waals surface area (Å²) in [6, 6.07) is 0. The molecule has 84 valence electrons. The predicted molar refractivity (Wildman–Crippen MR) is 58.5 cm³/mol. The smallest absolute Gasteiger partial charge is 0.223 e. The van der Waals surface area contributed by atoms with Gasteiger partial charge in [-0.25, -0.2) is 4.98 Å². The zero-order valence-corrected chi connectivity index (χ0v) is 9.53. The normalized spacial score (nSPS) is 10.9. The van der Waals surface area contributed by atoms with Crippen molar-refractivity contribution in [2.75, 3.05) is 18.9 Å². The minimum atomic E-state index is 0.265. The highest BCUT2D eigenvalue weighted by Crippen LogP contribution is 2.09. The summed E-state index contributed by atoms with van der Waals surface area (Å²) >= 11 is 0. The maximum atomic E-state index is 5.60. The number of ether oxygens (including phenoxy) is 1. The largest absolute Gasteiger partial charge is 0.381 e. The molecule has 0 aliphatic heterocycles. The van der Waals surface area contributed by atoms with Crippen LogP contribution in [-0.4, -0.2) is 28.2 Å². The lowest BCUT2D eigenvalue weighted by Gasteiger charge is -2.06. The van der Waals surface area contributed by atoms with Crippen molar-refractivity contribution in [3.8, 4) is 0 Å². The Morgan fingerprint density at radius 1 is 1.27 bits per heavy atom. The average Bonchev–Trinajstić information content (AvgIpc) is 2.17. The second-order valence-electron chi connectivity index (χ2n) is 3.57. The molecule has 0 aliphatic rings. The van der Waals surface area contributed by atoms with Crippen LogP contribution in [0.15, 0.2) is 0 Å². The van der Waals surface area contributed by atoms with Crippen molar-refractivity contribution >= 4 is 5.95 Å². The van der Waals surface area contributed by atoms with Gasteiger partial charge in [-0.05, 0) is 6.92 Å². The summed E-state index contributed by atoms with van der Waals surface area (Å²) in [5, 5.41) is 0. The Bertz CT molecular complexity index is 314. The van der Waals surface area contributed by atoms with Crippen molar-refractivity contribution in [3.05, 3.63) is 11.6 Å². The van der Waals surface area contributed by atoms with Crippen LogP contribution in [0.25, 0.3) is 0 Å². The highest BCUT2D eigenvalue weighted by Gasteiger charge is 2.07. The molecule has 0 radical (unpaired) electrons. The fourth-order valence-corrected chi connectivity index (χ4v) is 1.13. The molecule has 1 heterocycles. The minimum absolute atomic E-state index is 0.265. The predicted octanol–water partition coefficient (Wildman–Crippen LogP) is 1.16. The number of nitrogens with zero attached hydrogens (tertiary/aromatic N) is 3. The van der Waals surface area contributed by atoms with Crippen LogP contribution in [0.5, 0.6) is 0 Å². The van der Waals surface area contributed by atoms with Crippen LogP contribution in [0.4, 0.5) is 5.95 Å². The fraction of sp³-hybridized carbons (Fsp3) is 0.700. The number of anilines is 1. The van der Waals surface area contributed by atoms with Crippen LogP contribution in [0.2, 0.25) is 0 Å². The third kappa shape index (κ3) is 3.79. The van der Waals surface area contributed by atoms with E-state index in [1.165, 1.54) is 0 Å². The summed E-state index contributed by atoms with van der Waals surface area (Å²) in [5.74, 6) is 2.01. The molecule has 1 rings (SSSR count). The van der Waals surface area contributed by atoms with E-state index in [-0.39, 0.29) is 5.92 Å². The van der Waals surface area contributed by atoms with Crippen LogP contribution < -0.4 is 5.73 Å². The topological polar surface area (TPSA) is 73.9 Å². The average molecular weight is 210 g/mol. The lowest BCUT2D eigenvalue weighted by atomic mass is 10.2.